The van der Waals surface area contributed by atoms with Crippen LogP contribution in [-0.4, -0.2) is 23.1 Å². The molecule has 0 spiro atoms. The van der Waals surface area contributed by atoms with Crippen molar-refractivity contribution in [3.8, 4) is 5.75 Å². The zero-order chi connectivity index (χ0) is 13.4. The standard InChI is InChI=1S/C14H16BrN3O/c1-8-11-6-9(15)7-12(19-10-4-3-5-10)13(11)18-14(16-2)17-8/h6-7,10H,3-5H2,1-2H3,(H,16,17,18). The predicted octanol–water partition coefficient (Wildman–Crippen LogP) is 3.67. The highest BCUT2D eigenvalue weighted by atomic mass is 79.9. The molecule has 1 N–H and O–H groups in total. The van der Waals surface area contributed by atoms with Gasteiger partial charge < -0.3 is 10.1 Å². The molecule has 0 saturated heterocycles. The SMILES string of the molecule is CNc1nc(C)c2cc(Br)cc(OC3CCC3)c2n1. The first-order valence-electron chi connectivity index (χ1n) is 6.49. The number of aromatic nitrogens is 2. The Bertz CT molecular complexity index is 626. The second-order valence-corrected chi connectivity index (χ2v) is 5.77. The van der Waals surface area contributed by atoms with E-state index in [0.717, 1.165) is 39.7 Å². The summed E-state index contributed by atoms with van der Waals surface area (Å²) in [5.74, 6) is 1.47. The molecule has 19 heavy (non-hydrogen) atoms. The highest BCUT2D eigenvalue weighted by Crippen LogP contribution is 2.34. The summed E-state index contributed by atoms with van der Waals surface area (Å²) in [7, 11) is 1.83. The Balaban J connectivity index is 2.14. The van der Waals surface area contributed by atoms with Crippen LogP contribution in [0.4, 0.5) is 5.95 Å². The van der Waals surface area contributed by atoms with Gasteiger partial charge in [0.1, 0.15) is 11.3 Å². The van der Waals surface area contributed by atoms with Gasteiger partial charge in [0.25, 0.3) is 0 Å². The molecule has 1 aromatic carbocycles. The average Bonchev–Trinajstić information content (AvgIpc) is 2.34. The second-order valence-electron chi connectivity index (χ2n) is 4.85. The Morgan fingerprint density at radius 3 is 2.74 bits per heavy atom. The van der Waals surface area contributed by atoms with Crippen molar-refractivity contribution < 1.29 is 4.74 Å². The van der Waals surface area contributed by atoms with E-state index in [4.69, 9.17) is 4.74 Å². The lowest BCUT2D eigenvalue weighted by Crippen LogP contribution is -2.24. The van der Waals surface area contributed by atoms with Crippen LogP contribution >= 0.6 is 15.9 Å². The van der Waals surface area contributed by atoms with Crippen LogP contribution in [0.3, 0.4) is 0 Å². The monoisotopic (exact) mass is 321 g/mol. The van der Waals surface area contributed by atoms with Crippen molar-refractivity contribution in [3.63, 3.8) is 0 Å². The molecule has 5 heteroatoms. The molecule has 1 saturated carbocycles. The number of rotatable bonds is 3. The molecule has 4 nitrogen and oxygen atoms in total. The van der Waals surface area contributed by atoms with Gasteiger partial charge >= 0.3 is 0 Å². The molecule has 0 bridgehead atoms. The summed E-state index contributed by atoms with van der Waals surface area (Å²) in [6.45, 7) is 1.99. The van der Waals surface area contributed by atoms with Gasteiger partial charge in [0.2, 0.25) is 5.95 Å². The largest absolute Gasteiger partial charge is 0.488 e. The van der Waals surface area contributed by atoms with Crippen LogP contribution in [0.25, 0.3) is 10.9 Å². The number of aryl methyl sites for hydroxylation is 1. The van der Waals surface area contributed by atoms with Gasteiger partial charge in [-0.1, -0.05) is 15.9 Å². The van der Waals surface area contributed by atoms with E-state index >= 15 is 0 Å². The van der Waals surface area contributed by atoms with E-state index in [1.165, 1.54) is 6.42 Å². The number of ether oxygens (including phenoxy) is 1. The molecule has 0 radical (unpaired) electrons. The van der Waals surface area contributed by atoms with Gasteiger partial charge in [-0.05, 0) is 38.3 Å². The fourth-order valence-corrected chi connectivity index (χ4v) is 2.62. The first kappa shape index (κ1) is 12.7. The number of nitrogens with zero attached hydrogens (tertiary/aromatic N) is 2. The summed E-state index contributed by atoms with van der Waals surface area (Å²) in [5.41, 5.74) is 1.83. The van der Waals surface area contributed by atoms with Crippen molar-refractivity contribution in [2.75, 3.05) is 12.4 Å². The van der Waals surface area contributed by atoms with E-state index in [9.17, 15) is 0 Å². The van der Waals surface area contributed by atoms with Crippen molar-refractivity contribution in [2.45, 2.75) is 32.3 Å². The Labute approximate surface area is 120 Å². The maximum absolute atomic E-state index is 6.05. The van der Waals surface area contributed by atoms with Gasteiger partial charge in [-0.15, -0.1) is 0 Å². The Kier molecular flexibility index (Phi) is 3.31. The smallest absolute Gasteiger partial charge is 0.223 e. The minimum Gasteiger partial charge on any atom is -0.488 e. The number of hydrogen-bond acceptors (Lipinski definition) is 4. The zero-order valence-electron chi connectivity index (χ0n) is 11.0. The maximum Gasteiger partial charge on any atom is 0.223 e. The number of benzene rings is 1. The highest BCUT2D eigenvalue weighted by molar-refractivity contribution is 9.10. The van der Waals surface area contributed by atoms with E-state index < -0.39 is 0 Å². The third kappa shape index (κ3) is 2.39. The molecule has 1 aromatic heterocycles. The molecule has 3 rings (SSSR count). The first-order valence-corrected chi connectivity index (χ1v) is 7.29. The van der Waals surface area contributed by atoms with Gasteiger partial charge in [0.05, 0.1) is 11.8 Å². The van der Waals surface area contributed by atoms with Crippen molar-refractivity contribution in [2.24, 2.45) is 0 Å². The number of nitrogens with one attached hydrogen (secondary N) is 1. The first-order chi connectivity index (χ1) is 9.17. The summed E-state index contributed by atoms with van der Waals surface area (Å²) < 4.78 is 7.05. The molecule has 1 aliphatic carbocycles. The molecule has 0 aliphatic heterocycles. The van der Waals surface area contributed by atoms with Crippen molar-refractivity contribution in [1.29, 1.82) is 0 Å². The van der Waals surface area contributed by atoms with Gasteiger partial charge in [-0.3, -0.25) is 0 Å². The van der Waals surface area contributed by atoms with E-state index in [1.54, 1.807) is 0 Å². The molecule has 1 fully saturated rings. The predicted molar refractivity (Wildman–Crippen MR) is 79.8 cm³/mol. The molecular formula is C14H16BrN3O. The highest BCUT2D eigenvalue weighted by Gasteiger charge is 2.21. The second kappa shape index (κ2) is 4.96. The van der Waals surface area contributed by atoms with Crippen LogP contribution in [0, 0.1) is 6.92 Å². The summed E-state index contributed by atoms with van der Waals surface area (Å²) in [5, 5.41) is 4.02. The van der Waals surface area contributed by atoms with Crippen molar-refractivity contribution >= 4 is 32.8 Å². The number of anilines is 1. The Hall–Kier alpha value is -1.36. The summed E-state index contributed by atoms with van der Waals surface area (Å²) in [4.78, 5) is 8.96. The van der Waals surface area contributed by atoms with E-state index in [2.05, 4.69) is 31.2 Å². The lowest BCUT2D eigenvalue weighted by molar-refractivity contribution is 0.122. The van der Waals surface area contributed by atoms with E-state index in [0.29, 0.717) is 12.1 Å². The summed E-state index contributed by atoms with van der Waals surface area (Å²) in [6.07, 6.45) is 3.87. The quantitative estimate of drug-likeness (QED) is 0.936. The van der Waals surface area contributed by atoms with Crippen molar-refractivity contribution in [1.82, 2.24) is 9.97 Å². The molecule has 0 atom stereocenters. The minimum absolute atomic E-state index is 0.339. The van der Waals surface area contributed by atoms with Crippen LogP contribution in [0.15, 0.2) is 16.6 Å². The lowest BCUT2D eigenvalue weighted by atomic mass is 9.96. The minimum atomic E-state index is 0.339. The molecule has 1 aliphatic rings. The third-order valence-corrected chi connectivity index (χ3v) is 3.95. The Morgan fingerprint density at radius 2 is 2.11 bits per heavy atom. The van der Waals surface area contributed by atoms with Crippen LogP contribution in [0.1, 0.15) is 25.0 Å². The molecule has 0 amide bonds. The topological polar surface area (TPSA) is 47.0 Å². The number of fused-ring (bicyclic) bond motifs is 1. The third-order valence-electron chi connectivity index (χ3n) is 3.49. The summed E-state index contributed by atoms with van der Waals surface area (Å²) in [6, 6.07) is 4.03. The molecule has 100 valence electrons. The maximum atomic E-state index is 6.05. The molecular weight excluding hydrogens is 306 g/mol. The van der Waals surface area contributed by atoms with Crippen LogP contribution < -0.4 is 10.1 Å². The van der Waals surface area contributed by atoms with Gasteiger partial charge in [0, 0.05) is 16.9 Å². The normalized spacial score (nSPS) is 15.3. The van der Waals surface area contributed by atoms with E-state index in [1.807, 2.05) is 26.1 Å². The van der Waals surface area contributed by atoms with Gasteiger partial charge in [0.15, 0.2) is 0 Å². The van der Waals surface area contributed by atoms with Crippen molar-refractivity contribution in [3.05, 3.63) is 22.3 Å². The Morgan fingerprint density at radius 1 is 1.32 bits per heavy atom. The molecule has 0 unspecified atom stereocenters. The van der Waals surface area contributed by atoms with Crippen LogP contribution in [0.2, 0.25) is 0 Å². The lowest BCUT2D eigenvalue weighted by Gasteiger charge is -2.27. The van der Waals surface area contributed by atoms with Crippen LogP contribution in [0.5, 0.6) is 5.75 Å². The summed E-state index contributed by atoms with van der Waals surface area (Å²) >= 11 is 3.53. The van der Waals surface area contributed by atoms with Gasteiger partial charge in [-0.25, -0.2) is 9.97 Å². The van der Waals surface area contributed by atoms with Gasteiger partial charge in [-0.2, -0.15) is 0 Å². The fraction of sp³-hybridized carbons (Fsp3) is 0.429. The zero-order valence-corrected chi connectivity index (χ0v) is 12.6. The molecule has 2 aromatic rings. The average molecular weight is 322 g/mol. The number of hydrogen-bond donors (Lipinski definition) is 1. The van der Waals surface area contributed by atoms with E-state index in [-0.39, 0.29) is 0 Å². The molecule has 1 heterocycles. The fourth-order valence-electron chi connectivity index (χ4n) is 2.19. The van der Waals surface area contributed by atoms with Crippen LogP contribution in [-0.2, 0) is 0 Å². The number of halogens is 1.